The third kappa shape index (κ3) is 4.85. The Labute approximate surface area is 128 Å². The van der Waals surface area contributed by atoms with Gasteiger partial charge in [0.1, 0.15) is 25.6 Å². The lowest BCUT2D eigenvalue weighted by Crippen LogP contribution is -2.10. The van der Waals surface area contributed by atoms with Crippen molar-refractivity contribution in [3.8, 4) is 17.2 Å². The fourth-order valence-corrected chi connectivity index (χ4v) is 1.90. The SMILES string of the molecule is OCCOc1ccccc1OCCOc1ccccc1Cl. The molecule has 0 unspecified atom stereocenters. The normalized spacial score (nSPS) is 10.2. The van der Waals surface area contributed by atoms with Gasteiger partial charge >= 0.3 is 0 Å². The van der Waals surface area contributed by atoms with Crippen molar-refractivity contribution < 1.29 is 19.3 Å². The smallest absolute Gasteiger partial charge is 0.161 e. The Morgan fingerprint density at radius 2 is 1.19 bits per heavy atom. The molecule has 0 spiro atoms. The van der Waals surface area contributed by atoms with Crippen molar-refractivity contribution in [1.82, 2.24) is 0 Å². The minimum absolute atomic E-state index is 0.0377. The van der Waals surface area contributed by atoms with Crippen LogP contribution in [0.15, 0.2) is 48.5 Å². The summed E-state index contributed by atoms with van der Waals surface area (Å²) in [6, 6.07) is 14.6. The fraction of sp³-hybridized carbons (Fsp3) is 0.250. The molecule has 0 aliphatic carbocycles. The van der Waals surface area contributed by atoms with E-state index in [1.54, 1.807) is 18.2 Å². The Hall–Kier alpha value is -1.91. The molecule has 2 aromatic carbocycles. The van der Waals surface area contributed by atoms with E-state index in [2.05, 4.69) is 0 Å². The second kappa shape index (κ2) is 8.39. The average molecular weight is 309 g/mol. The molecule has 2 rings (SSSR count). The van der Waals surface area contributed by atoms with Gasteiger partial charge in [0.15, 0.2) is 11.5 Å². The van der Waals surface area contributed by atoms with Crippen LogP contribution in [0.3, 0.4) is 0 Å². The van der Waals surface area contributed by atoms with Crippen molar-refractivity contribution >= 4 is 11.6 Å². The Bertz CT molecular complexity index is 559. The van der Waals surface area contributed by atoms with Gasteiger partial charge in [-0.05, 0) is 24.3 Å². The first kappa shape index (κ1) is 15.5. The van der Waals surface area contributed by atoms with Crippen molar-refractivity contribution in [2.24, 2.45) is 0 Å². The van der Waals surface area contributed by atoms with Crippen LogP contribution in [-0.4, -0.2) is 31.5 Å². The number of para-hydroxylation sites is 3. The standard InChI is InChI=1S/C16H17ClO4/c17-13-5-1-2-6-14(13)20-11-12-21-16-8-4-3-7-15(16)19-10-9-18/h1-8,18H,9-12H2. The Kier molecular flexibility index (Phi) is 6.19. The molecular weight excluding hydrogens is 292 g/mol. The van der Waals surface area contributed by atoms with Gasteiger partial charge in [0.05, 0.1) is 11.6 Å². The quantitative estimate of drug-likeness (QED) is 0.761. The molecule has 5 heteroatoms. The van der Waals surface area contributed by atoms with Crippen molar-refractivity contribution in [3.05, 3.63) is 53.6 Å². The molecule has 112 valence electrons. The molecule has 0 amide bonds. The van der Waals surface area contributed by atoms with Gasteiger partial charge in [0.2, 0.25) is 0 Å². The van der Waals surface area contributed by atoms with Crippen LogP contribution in [-0.2, 0) is 0 Å². The van der Waals surface area contributed by atoms with Crippen LogP contribution in [0, 0.1) is 0 Å². The number of ether oxygens (including phenoxy) is 3. The minimum Gasteiger partial charge on any atom is -0.488 e. The van der Waals surface area contributed by atoms with E-state index in [9.17, 15) is 0 Å². The summed E-state index contributed by atoms with van der Waals surface area (Å²) in [7, 11) is 0. The van der Waals surface area contributed by atoms with E-state index in [-0.39, 0.29) is 13.2 Å². The van der Waals surface area contributed by atoms with E-state index in [0.29, 0.717) is 35.5 Å². The molecule has 0 aromatic heterocycles. The highest BCUT2D eigenvalue weighted by atomic mass is 35.5. The Morgan fingerprint density at radius 3 is 1.76 bits per heavy atom. The zero-order valence-electron chi connectivity index (χ0n) is 11.5. The summed E-state index contributed by atoms with van der Waals surface area (Å²) < 4.78 is 16.5. The Balaban J connectivity index is 1.82. The first-order valence-corrected chi connectivity index (χ1v) is 7.02. The maximum Gasteiger partial charge on any atom is 0.161 e. The molecule has 1 N–H and O–H groups in total. The van der Waals surface area contributed by atoms with Crippen LogP contribution in [0.2, 0.25) is 5.02 Å². The molecule has 0 fully saturated rings. The second-order valence-electron chi connectivity index (χ2n) is 4.15. The van der Waals surface area contributed by atoms with Crippen molar-refractivity contribution in [3.63, 3.8) is 0 Å². The Morgan fingerprint density at radius 1 is 0.714 bits per heavy atom. The van der Waals surface area contributed by atoms with E-state index in [0.717, 1.165) is 0 Å². The lowest BCUT2D eigenvalue weighted by Gasteiger charge is -2.12. The topological polar surface area (TPSA) is 47.9 Å². The summed E-state index contributed by atoms with van der Waals surface area (Å²) >= 11 is 5.99. The number of rotatable bonds is 8. The van der Waals surface area contributed by atoms with Gasteiger partial charge in [-0.1, -0.05) is 35.9 Å². The number of aliphatic hydroxyl groups is 1. The number of halogens is 1. The summed E-state index contributed by atoms with van der Waals surface area (Å²) in [5.74, 6) is 1.85. The average Bonchev–Trinajstić information content (AvgIpc) is 2.52. The number of hydrogen-bond donors (Lipinski definition) is 1. The zero-order chi connectivity index (χ0) is 14.9. The summed E-state index contributed by atoms with van der Waals surface area (Å²) in [6.07, 6.45) is 0. The highest BCUT2D eigenvalue weighted by molar-refractivity contribution is 6.32. The molecular formula is C16H17ClO4. The molecule has 0 bridgehead atoms. The van der Waals surface area contributed by atoms with E-state index < -0.39 is 0 Å². The van der Waals surface area contributed by atoms with Gasteiger partial charge in [0.25, 0.3) is 0 Å². The predicted octanol–water partition coefficient (Wildman–Crippen LogP) is 3.17. The van der Waals surface area contributed by atoms with Crippen LogP contribution in [0.25, 0.3) is 0 Å². The molecule has 21 heavy (non-hydrogen) atoms. The van der Waals surface area contributed by atoms with Crippen LogP contribution in [0.4, 0.5) is 0 Å². The molecule has 2 aromatic rings. The summed E-state index contributed by atoms with van der Waals surface area (Å²) in [4.78, 5) is 0. The monoisotopic (exact) mass is 308 g/mol. The molecule has 0 saturated heterocycles. The molecule has 0 saturated carbocycles. The van der Waals surface area contributed by atoms with Gasteiger partial charge in [0, 0.05) is 0 Å². The van der Waals surface area contributed by atoms with E-state index in [4.69, 9.17) is 30.9 Å². The first-order chi connectivity index (χ1) is 10.3. The molecule has 0 heterocycles. The fourth-order valence-electron chi connectivity index (χ4n) is 1.71. The summed E-state index contributed by atoms with van der Waals surface area (Å²) in [6.45, 7) is 0.934. The predicted molar refractivity (Wildman–Crippen MR) is 81.5 cm³/mol. The van der Waals surface area contributed by atoms with Crippen LogP contribution >= 0.6 is 11.6 Å². The van der Waals surface area contributed by atoms with Crippen LogP contribution in [0.1, 0.15) is 0 Å². The van der Waals surface area contributed by atoms with Gasteiger partial charge in [-0.2, -0.15) is 0 Å². The zero-order valence-corrected chi connectivity index (χ0v) is 12.3. The molecule has 0 aliphatic heterocycles. The summed E-state index contributed by atoms with van der Waals surface area (Å²) in [5, 5.41) is 9.36. The maximum atomic E-state index is 8.79. The third-order valence-electron chi connectivity index (χ3n) is 2.63. The van der Waals surface area contributed by atoms with Crippen molar-refractivity contribution in [2.75, 3.05) is 26.4 Å². The highest BCUT2D eigenvalue weighted by Crippen LogP contribution is 2.26. The number of hydrogen-bond acceptors (Lipinski definition) is 4. The lowest BCUT2D eigenvalue weighted by atomic mass is 10.3. The summed E-state index contributed by atoms with van der Waals surface area (Å²) in [5.41, 5.74) is 0. The molecule has 0 radical (unpaired) electrons. The van der Waals surface area contributed by atoms with E-state index in [1.165, 1.54) is 0 Å². The highest BCUT2D eigenvalue weighted by Gasteiger charge is 2.04. The number of aliphatic hydroxyl groups excluding tert-OH is 1. The van der Waals surface area contributed by atoms with Gasteiger partial charge in [-0.25, -0.2) is 0 Å². The molecule has 0 atom stereocenters. The first-order valence-electron chi connectivity index (χ1n) is 6.64. The molecule has 0 aliphatic rings. The van der Waals surface area contributed by atoms with Gasteiger partial charge in [-0.3, -0.25) is 0 Å². The minimum atomic E-state index is -0.0377. The largest absolute Gasteiger partial charge is 0.488 e. The van der Waals surface area contributed by atoms with E-state index in [1.807, 2.05) is 30.3 Å². The van der Waals surface area contributed by atoms with Crippen molar-refractivity contribution in [1.29, 1.82) is 0 Å². The molecule has 4 nitrogen and oxygen atoms in total. The van der Waals surface area contributed by atoms with Gasteiger partial charge in [-0.15, -0.1) is 0 Å². The van der Waals surface area contributed by atoms with Gasteiger partial charge < -0.3 is 19.3 Å². The maximum absolute atomic E-state index is 8.79. The third-order valence-corrected chi connectivity index (χ3v) is 2.95. The van der Waals surface area contributed by atoms with Crippen LogP contribution < -0.4 is 14.2 Å². The van der Waals surface area contributed by atoms with Crippen molar-refractivity contribution in [2.45, 2.75) is 0 Å². The van der Waals surface area contributed by atoms with E-state index >= 15 is 0 Å². The van der Waals surface area contributed by atoms with Crippen LogP contribution in [0.5, 0.6) is 17.2 Å². The second-order valence-corrected chi connectivity index (χ2v) is 4.55. The lowest BCUT2D eigenvalue weighted by molar-refractivity contribution is 0.184. The number of benzene rings is 2.